The Labute approximate surface area is 100.0 Å². The molecule has 17 heavy (non-hydrogen) atoms. The van der Waals surface area contributed by atoms with Crippen molar-refractivity contribution in [2.75, 3.05) is 13.2 Å². The van der Waals surface area contributed by atoms with Crippen LogP contribution < -0.4 is 11.5 Å². The molecule has 92 valence electrons. The Kier molecular flexibility index (Phi) is 4.87. The van der Waals surface area contributed by atoms with Gasteiger partial charge >= 0.3 is 6.09 Å². The number of carbonyl (C=O) groups excluding carboxylic acids is 1. The van der Waals surface area contributed by atoms with Gasteiger partial charge in [0, 0.05) is 0 Å². The minimum atomic E-state index is -0.808. The molecule has 0 radical (unpaired) electrons. The molecule has 1 amide bonds. The lowest BCUT2D eigenvalue weighted by Gasteiger charge is -2.17. The van der Waals surface area contributed by atoms with Gasteiger partial charge in [-0.25, -0.2) is 4.79 Å². The van der Waals surface area contributed by atoms with Crippen LogP contribution >= 0.6 is 0 Å². The van der Waals surface area contributed by atoms with E-state index in [-0.39, 0.29) is 25.0 Å². The lowest BCUT2D eigenvalue weighted by molar-refractivity contribution is 0.120. The van der Waals surface area contributed by atoms with Crippen LogP contribution in [0, 0.1) is 0 Å². The molecule has 5 nitrogen and oxygen atoms in total. The smallest absolute Gasteiger partial charge is 0.404 e. The van der Waals surface area contributed by atoms with Gasteiger partial charge in [0.1, 0.15) is 6.61 Å². The van der Waals surface area contributed by atoms with Crippen molar-refractivity contribution in [1.82, 2.24) is 0 Å². The largest absolute Gasteiger partial charge is 0.479 e. The van der Waals surface area contributed by atoms with E-state index in [0.717, 1.165) is 5.56 Å². The lowest BCUT2D eigenvalue weighted by Crippen LogP contribution is -2.21. The second kappa shape index (κ2) is 6.42. The molecule has 1 aromatic rings. The molecule has 0 bridgehead atoms. The van der Waals surface area contributed by atoms with Crippen LogP contribution in [-0.2, 0) is 9.47 Å². The molecule has 0 aromatic heterocycles. The highest BCUT2D eigenvalue weighted by Crippen LogP contribution is 2.16. The SMILES string of the molecule is C=C(N)OCC(COC(N)=O)c1ccccc1. The summed E-state index contributed by atoms with van der Waals surface area (Å²) in [5, 5.41) is 0. The highest BCUT2D eigenvalue weighted by molar-refractivity contribution is 5.64. The van der Waals surface area contributed by atoms with Crippen molar-refractivity contribution >= 4 is 6.09 Å². The first kappa shape index (κ1) is 12.9. The Bertz CT molecular complexity index is 361. The number of hydrogen-bond donors (Lipinski definition) is 2. The fourth-order valence-corrected chi connectivity index (χ4v) is 1.36. The molecule has 0 spiro atoms. The second-order valence-corrected chi connectivity index (χ2v) is 3.51. The van der Waals surface area contributed by atoms with Crippen molar-refractivity contribution in [2.24, 2.45) is 11.5 Å². The summed E-state index contributed by atoms with van der Waals surface area (Å²) in [4.78, 5) is 10.6. The molecular formula is C12H16N2O3. The van der Waals surface area contributed by atoms with Crippen molar-refractivity contribution in [3.8, 4) is 0 Å². The van der Waals surface area contributed by atoms with Gasteiger partial charge in [0.25, 0.3) is 0 Å². The maximum Gasteiger partial charge on any atom is 0.404 e. The summed E-state index contributed by atoms with van der Waals surface area (Å²) >= 11 is 0. The fourth-order valence-electron chi connectivity index (χ4n) is 1.36. The van der Waals surface area contributed by atoms with Crippen LogP contribution in [0.2, 0.25) is 0 Å². The van der Waals surface area contributed by atoms with Crippen LogP contribution in [0.25, 0.3) is 0 Å². The van der Waals surface area contributed by atoms with Crippen molar-refractivity contribution in [1.29, 1.82) is 0 Å². The topological polar surface area (TPSA) is 87.6 Å². The van der Waals surface area contributed by atoms with Crippen LogP contribution in [0.5, 0.6) is 0 Å². The molecule has 4 N–H and O–H groups in total. The summed E-state index contributed by atoms with van der Waals surface area (Å²) in [6.07, 6.45) is -0.808. The van der Waals surface area contributed by atoms with Gasteiger partial charge in [0.15, 0.2) is 5.88 Å². The van der Waals surface area contributed by atoms with Crippen molar-refractivity contribution in [3.63, 3.8) is 0 Å². The fraction of sp³-hybridized carbons (Fsp3) is 0.250. The van der Waals surface area contributed by atoms with Crippen molar-refractivity contribution in [2.45, 2.75) is 5.92 Å². The van der Waals surface area contributed by atoms with E-state index in [2.05, 4.69) is 6.58 Å². The minimum Gasteiger partial charge on any atom is -0.479 e. The van der Waals surface area contributed by atoms with E-state index >= 15 is 0 Å². The van der Waals surface area contributed by atoms with Crippen LogP contribution in [0.4, 0.5) is 4.79 Å². The third-order valence-electron chi connectivity index (χ3n) is 2.17. The van der Waals surface area contributed by atoms with E-state index in [0.29, 0.717) is 0 Å². The highest BCUT2D eigenvalue weighted by atomic mass is 16.5. The first-order chi connectivity index (χ1) is 8.09. The molecule has 1 rings (SSSR count). The second-order valence-electron chi connectivity index (χ2n) is 3.51. The Balaban J connectivity index is 2.64. The quantitative estimate of drug-likeness (QED) is 0.729. The van der Waals surface area contributed by atoms with E-state index in [1.54, 1.807) is 0 Å². The first-order valence-corrected chi connectivity index (χ1v) is 5.14. The van der Waals surface area contributed by atoms with E-state index in [1.165, 1.54) is 0 Å². The standard InChI is InChI=1S/C12H16N2O3/c1-9(13)16-7-11(8-17-12(14)15)10-5-3-2-4-6-10/h2-6,11H,1,7-8,13H2,(H2,14,15). The van der Waals surface area contributed by atoms with Gasteiger partial charge in [-0.2, -0.15) is 0 Å². The Hall–Kier alpha value is -2.17. The number of hydrogen-bond acceptors (Lipinski definition) is 4. The summed E-state index contributed by atoms with van der Waals surface area (Å²) in [7, 11) is 0. The average molecular weight is 236 g/mol. The molecule has 1 atom stereocenters. The molecule has 5 heteroatoms. The maximum atomic E-state index is 10.6. The monoisotopic (exact) mass is 236 g/mol. The summed E-state index contributed by atoms with van der Waals surface area (Å²) in [6, 6.07) is 9.52. The molecule has 0 fully saturated rings. The number of rotatable bonds is 6. The molecule has 0 aliphatic carbocycles. The molecular weight excluding hydrogens is 220 g/mol. The number of primary amides is 1. The normalized spacial score (nSPS) is 11.5. The van der Waals surface area contributed by atoms with Crippen LogP contribution in [-0.4, -0.2) is 19.3 Å². The molecule has 0 aliphatic heterocycles. The minimum absolute atomic E-state index is 0.121. The Morgan fingerprint density at radius 1 is 1.18 bits per heavy atom. The molecule has 0 saturated carbocycles. The molecule has 1 unspecified atom stereocenters. The van der Waals surface area contributed by atoms with Crippen LogP contribution in [0.15, 0.2) is 42.8 Å². The highest BCUT2D eigenvalue weighted by Gasteiger charge is 2.14. The zero-order chi connectivity index (χ0) is 12.7. The van der Waals surface area contributed by atoms with Crippen LogP contribution in [0.3, 0.4) is 0 Å². The zero-order valence-electron chi connectivity index (χ0n) is 9.46. The number of carbonyl (C=O) groups is 1. The van der Waals surface area contributed by atoms with E-state index in [1.807, 2.05) is 30.3 Å². The first-order valence-electron chi connectivity index (χ1n) is 5.14. The van der Waals surface area contributed by atoms with E-state index in [4.69, 9.17) is 20.9 Å². The van der Waals surface area contributed by atoms with Gasteiger partial charge < -0.3 is 20.9 Å². The predicted octanol–water partition coefficient (Wildman–Crippen LogP) is 1.31. The molecule has 0 saturated heterocycles. The van der Waals surface area contributed by atoms with Gasteiger partial charge in [0.2, 0.25) is 0 Å². The summed E-state index contributed by atoms with van der Waals surface area (Å²) in [5.41, 5.74) is 11.2. The maximum absolute atomic E-state index is 10.6. The number of benzene rings is 1. The summed E-state index contributed by atoms with van der Waals surface area (Å²) in [6.45, 7) is 3.87. The Morgan fingerprint density at radius 2 is 1.76 bits per heavy atom. The van der Waals surface area contributed by atoms with Gasteiger partial charge in [-0.05, 0) is 12.1 Å². The summed E-state index contributed by atoms with van der Waals surface area (Å²) in [5.74, 6) is 0.00834. The molecule has 0 aliphatic rings. The van der Waals surface area contributed by atoms with Crippen LogP contribution in [0.1, 0.15) is 11.5 Å². The van der Waals surface area contributed by atoms with Gasteiger partial charge in [-0.15, -0.1) is 0 Å². The van der Waals surface area contributed by atoms with Crippen molar-refractivity contribution < 1.29 is 14.3 Å². The van der Waals surface area contributed by atoms with Crippen molar-refractivity contribution in [3.05, 3.63) is 48.4 Å². The third kappa shape index (κ3) is 4.92. The lowest BCUT2D eigenvalue weighted by atomic mass is 10.0. The van der Waals surface area contributed by atoms with Gasteiger partial charge in [-0.1, -0.05) is 30.3 Å². The number of nitrogens with two attached hydrogens (primary N) is 2. The number of ether oxygens (including phenoxy) is 2. The van der Waals surface area contributed by atoms with Gasteiger partial charge in [-0.3, -0.25) is 0 Å². The van der Waals surface area contributed by atoms with E-state index < -0.39 is 6.09 Å². The molecule has 0 heterocycles. The zero-order valence-corrected chi connectivity index (χ0v) is 9.46. The summed E-state index contributed by atoms with van der Waals surface area (Å²) < 4.78 is 9.92. The van der Waals surface area contributed by atoms with Gasteiger partial charge in [0.05, 0.1) is 12.5 Å². The molecule has 1 aromatic carbocycles. The number of amides is 1. The van der Waals surface area contributed by atoms with E-state index in [9.17, 15) is 4.79 Å². The average Bonchev–Trinajstić information content (AvgIpc) is 2.29. The third-order valence-corrected chi connectivity index (χ3v) is 2.17. The predicted molar refractivity (Wildman–Crippen MR) is 64.0 cm³/mol. The Morgan fingerprint density at radius 3 is 2.29 bits per heavy atom.